The zero-order chi connectivity index (χ0) is 18.9. The smallest absolute Gasteiger partial charge is 0.287 e. The maximum Gasteiger partial charge on any atom is 0.287 e. The van der Waals surface area contributed by atoms with Crippen LogP contribution in [0.5, 0.6) is 0 Å². The summed E-state index contributed by atoms with van der Waals surface area (Å²) < 4.78 is 43.1. The molecule has 0 spiro atoms. The molecule has 0 amide bonds. The van der Waals surface area contributed by atoms with Gasteiger partial charge in [0.2, 0.25) is 5.82 Å². The molecule has 10 heteroatoms. The van der Waals surface area contributed by atoms with Crippen LogP contribution in [0.25, 0.3) is 0 Å². The van der Waals surface area contributed by atoms with Crippen molar-refractivity contribution in [1.29, 1.82) is 0 Å². The largest absolute Gasteiger partial charge is 0.382 e. The molecule has 7 nitrogen and oxygen atoms in total. The quantitative estimate of drug-likeness (QED) is 0.714. The van der Waals surface area contributed by atoms with Gasteiger partial charge in [-0.05, 0) is 6.07 Å². The van der Waals surface area contributed by atoms with Crippen molar-refractivity contribution in [3.63, 3.8) is 0 Å². The first-order valence-corrected chi connectivity index (χ1v) is 7.56. The lowest BCUT2D eigenvalue weighted by Crippen LogP contribution is -2.39. The zero-order valence-corrected chi connectivity index (χ0v) is 13.5. The second-order valence-electron chi connectivity index (χ2n) is 5.79. The van der Waals surface area contributed by atoms with Crippen LogP contribution in [0, 0.1) is 17.5 Å². The Morgan fingerprint density at radius 3 is 2.77 bits per heavy atom. The molecule has 2 atom stereocenters. The summed E-state index contributed by atoms with van der Waals surface area (Å²) in [7, 11) is 0. The third-order valence-electron chi connectivity index (χ3n) is 4.22. The van der Waals surface area contributed by atoms with Crippen molar-refractivity contribution in [3.8, 4) is 0 Å². The molecule has 0 aliphatic carbocycles. The Hall–Kier alpha value is -3.01. The average Bonchev–Trinajstić information content (AvgIpc) is 3.09. The molecule has 0 aliphatic heterocycles. The summed E-state index contributed by atoms with van der Waals surface area (Å²) in [4.78, 5) is 21.1. The Bertz CT molecular complexity index is 976. The van der Waals surface area contributed by atoms with Crippen LogP contribution in [0.1, 0.15) is 24.1 Å². The zero-order valence-electron chi connectivity index (χ0n) is 13.5. The van der Waals surface area contributed by atoms with Crippen LogP contribution in [-0.2, 0) is 12.1 Å². The Morgan fingerprint density at radius 1 is 1.35 bits per heavy atom. The lowest BCUT2D eigenvalue weighted by molar-refractivity contribution is -0.0134. The van der Waals surface area contributed by atoms with Crippen molar-refractivity contribution >= 4 is 0 Å². The number of halogens is 3. The van der Waals surface area contributed by atoms with E-state index in [1.807, 2.05) is 0 Å². The summed E-state index contributed by atoms with van der Waals surface area (Å²) in [6, 6.07) is 2.64. The van der Waals surface area contributed by atoms with Crippen LogP contribution in [0.4, 0.5) is 13.2 Å². The topological polar surface area (TPSA) is 96.7 Å². The fourth-order valence-corrected chi connectivity index (χ4v) is 2.78. The third kappa shape index (κ3) is 3.10. The maximum atomic E-state index is 14.4. The summed E-state index contributed by atoms with van der Waals surface area (Å²) in [5.74, 6) is -4.22. The fourth-order valence-electron chi connectivity index (χ4n) is 2.78. The highest BCUT2D eigenvalue weighted by atomic mass is 19.1. The minimum absolute atomic E-state index is 0.289. The monoisotopic (exact) mass is 365 g/mol. The van der Waals surface area contributed by atoms with Crippen molar-refractivity contribution in [2.45, 2.75) is 25.0 Å². The molecule has 2 unspecified atom stereocenters. The van der Waals surface area contributed by atoms with Crippen LogP contribution in [0.3, 0.4) is 0 Å². The van der Waals surface area contributed by atoms with Crippen molar-refractivity contribution < 1.29 is 18.3 Å². The lowest BCUT2D eigenvalue weighted by atomic mass is 9.79. The molecule has 3 aromatic rings. The maximum absolute atomic E-state index is 14.4. The Balaban J connectivity index is 2.16. The van der Waals surface area contributed by atoms with E-state index in [4.69, 9.17) is 0 Å². The predicted molar refractivity (Wildman–Crippen MR) is 83.5 cm³/mol. The van der Waals surface area contributed by atoms with Crippen molar-refractivity contribution in [2.75, 3.05) is 0 Å². The van der Waals surface area contributed by atoms with Gasteiger partial charge in [-0.25, -0.2) is 23.4 Å². The molecule has 0 bridgehead atoms. The SMILES string of the molecule is CC(c1nc[nH]c(=O)c1F)C(O)(Cn1cncn1)c1ccc(F)cc1F. The Labute approximate surface area is 145 Å². The van der Waals surface area contributed by atoms with Gasteiger partial charge in [0, 0.05) is 17.5 Å². The van der Waals surface area contributed by atoms with Crippen LogP contribution in [-0.4, -0.2) is 29.8 Å². The van der Waals surface area contributed by atoms with E-state index in [0.29, 0.717) is 6.07 Å². The number of hydrogen-bond donors (Lipinski definition) is 2. The van der Waals surface area contributed by atoms with Crippen molar-refractivity contribution in [1.82, 2.24) is 24.7 Å². The number of rotatable bonds is 5. The summed E-state index contributed by atoms with van der Waals surface area (Å²) in [5, 5.41) is 15.2. The molecule has 0 radical (unpaired) electrons. The number of hydrogen-bond acceptors (Lipinski definition) is 5. The molecule has 0 fully saturated rings. The lowest BCUT2D eigenvalue weighted by Gasteiger charge is -2.34. The first-order chi connectivity index (χ1) is 12.3. The highest BCUT2D eigenvalue weighted by Crippen LogP contribution is 2.39. The summed E-state index contributed by atoms with van der Waals surface area (Å²) >= 11 is 0. The minimum Gasteiger partial charge on any atom is -0.382 e. The van der Waals surface area contributed by atoms with Crippen LogP contribution < -0.4 is 5.56 Å². The van der Waals surface area contributed by atoms with Crippen LogP contribution in [0.15, 0.2) is 42.0 Å². The molecule has 2 N–H and O–H groups in total. The number of benzene rings is 1. The van der Waals surface area contributed by atoms with E-state index in [9.17, 15) is 23.1 Å². The van der Waals surface area contributed by atoms with Crippen LogP contribution >= 0.6 is 0 Å². The summed E-state index contributed by atoms with van der Waals surface area (Å²) in [5.41, 5.74) is -3.76. The molecule has 26 heavy (non-hydrogen) atoms. The average molecular weight is 365 g/mol. The Kier molecular flexibility index (Phi) is 4.60. The first-order valence-electron chi connectivity index (χ1n) is 7.56. The van der Waals surface area contributed by atoms with Gasteiger partial charge in [-0.3, -0.25) is 4.79 Å². The molecular formula is C16H14F3N5O2. The normalized spacial score (nSPS) is 14.8. The fraction of sp³-hybridized carbons (Fsp3) is 0.250. The Morgan fingerprint density at radius 2 is 2.12 bits per heavy atom. The second kappa shape index (κ2) is 6.71. The van der Waals surface area contributed by atoms with E-state index < -0.39 is 34.5 Å². The molecule has 1 aromatic carbocycles. The molecule has 0 aliphatic rings. The van der Waals surface area contributed by atoms with E-state index >= 15 is 0 Å². The van der Waals surface area contributed by atoms with Gasteiger partial charge in [-0.1, -0.05) is 13.0 Å². The van der Waals surface area contributed by atoms with Gasteiger partial charge in [0.15, 0.2) is 0 Å². The molecular weight excluding hydrogens is 351 g/mol. The molecule has 2 heterocycles. The van der Waals surface area contributed by atoms with Gasteiger partial charge in [-0.15, -0.1) is 0 Å². The number of nitrogens with one attached hydrogen (secondary N) is 1. The standard InChI is InChI=1S/C16H14F3N5O2/c1-9(14-13(19)15(25)22-7-21-14)16(26,5-24-8-20-6-23-24)11-3-2-10(17)4-12(11)18/h2-4,6-9,26H,5H2,1H3,(H,21,22,25). The van der Waals surface area contributed by atoms with E-state index in [1.165, 1.54) is 24.3 Å². The summed E-state index contributed by atoms with van der Waals surface area (Å²) in [6.07, 6.45) is 3.47. The number of aromatic nitrogens is 5. The van der Waals surface area contributed by atoms with Gasteiger partial charge < -0.3 is 10.1 Å². The number of aliphatic hydroxyl groups is 1. The predicted octanol–water partition coefficient (Wildman–Crippen LogP) is 1.47. The molecule has 3 rings (SSSR count). The highest BCUT2D eigenvalue weighted by Gasteiger charge is 2.42. The summed E-state index contributed by atoms with van der Waals surface area (Å²) in [6.45, 7) is 1.05. The van der Waals surface area contributed by atoms with Crippen molar-refractivity contribution in [3.05, 3.63) is 76.2 Å². The van der Waals surface area contributed by atoms with Gasteiger partial charge in [0.05, 0.1) is 18.6 Å². The van der Waals surface area contributed by atoms with Gasteiger partial charge >= 0.3 is 0 Å². The van der Waals surface area contributed by atoms with E-state index in [0.717, 1.165) is 18.5 Å². The molecule has 136 valence electrons. The molecule has 0 saturated heterocycles. The van der Waals surface area contributed by atoms with Gasteiger partial charge in [0.1, 0.15) is 29.9 Å². The minimum atomic E-state index is -2.09. The second-order valence-corrected chi connectivity index (χ2v) is 5.79. The van der Waals surface area contributed by atoms with Crippen molar-refractivity contribution in [2.24, 2.45) is 0 Å². The van der Waals surface area contributed by atoms with E-state index in [2.05, 4.69) is 20.1 Å². The number of aromatic amines is 1. The molecule has 2 aromatic heterocycles. The van der Waals surface area contributed by atoms with E-state index in [-0.39, 0.29) is 17.8 Å². The first kappa shape index (κ1) is 17.8. The third-order valence-corrected chi connectivity index (χ3v) is 4.22. The van der Waals surface area contributed by atoms with Gasteiger partial charge in [-0.2, -0.15) is 9.49 Å². The molecule has 0 saturated carbocycles. The van der Waals surface area contributed by atoms with Crippen LogP contribution in [0.2, 0.25) is 0 Å². The van der Waals surface area contributed by atoms with E-state index in [1.54, 1.807) is 0 Å². The number of nitrogens with zero attached hydrogens (tertiary/aromatic N) is 4. The number of H-pyrrole nitrogens is 1. The van der Waals surface area contributed by atoms with Gasteiger partial charge in [0.25, 0.3) is 5.56 Å². The highest BCUT2D eigenvalue weighted by molar-refractivity contribution is 5.30.